The van der Waals surface area contributed by atoms with E-state index >= 15 is 0 Å². The highest BCUT2D eigenvalue weighted by Crippen LogP contribution is 2.36. The molecule has 2 aliphatic heterocycles. The summed E-state index contributed by atoms with van der Waals surface area (Å²) in [6, 6.07) is 19.0. The molecule has 0 spiro atoms. The van der Waals surface area contributed by atoms with Gasteiger partial charge in [0, 0.05) is 13.1 Å². The quantitative estimate of drug-likeness (QED) is 0.0711. The number of benzene rings is 3. The average Bonchev–Trinajstić information content (AvgIpc) is 4.10. The van der Waals surface area contributed by atoms with Crippen LogP contribution in [0.25, 0.3) is 44.3 Å². The Labute approximate surface area is 363 Å². The molecule has 0 unspecified atom stereocenters. The highest BCUT2D eigenvalue weighted by atomic mass is 16.6. The Morgan fingerprint density at radius 3 is 1.39 bits per heavy atom. The minimum Gasteiger partial charge on any atom is -0.450 e. The van der Waals surface area contributed by atoms with Crippen LogP contribution >= 0.6 is 0 Å². The summed E-state index contributed by atoms with van der Waals surface area (Å²) in [5, 5.41) is 5.64. The molecule has 4 amide bonds. The van der Waals surface area contributed by atoms with Crippen molar-refractivity contribution in [3.05, 3.63) is 72.3 Å². The Hall–Kier alpha value is -5.92. The second kappa shape index (κ2) is 19.9. The summed E-state index contributed by atoms with van der Waals surface area (Å²) in [5.74, 6) is 1.02. The molecule has 3 aromatic carbocycles. The van der Waals surface area contributed by atoms with Crippen molar-refractivity contribution in [3.63, 3.8) is 0 Å². The van der Waals surface area contributed by atoms with E-state index < -0.39 is 24.3 Å². The van der Waals surface area contributed by atoms with Crippen molar-refractivity contribution < 1.29 is 28.7 Å². The number of hydrogen-bond donors (Lipinski definition) is 4. The summed E-state index contributed by atoms with van der Waals surface area (Å²) < 4.78 is 10.6. The molecule has 5 aromatic rings. The van der Waals surface area contributed by atoms with Crippen LogP contribution in [0.5, 0.6) is 0 Å². The molecule has 14 nitrogen and oxygen atoms in total. The maximum atomic E-state index is 13.9. The number of carbonyl (C=O) groups excluding carboxylic acids is 4. The van der Waals surface area contributed by atoms with Gasteiger partial charge >= 0.3 is 12.2 Å². The van der Waals surface area contributed by atoms with Crippen molar-refractivity contribution >= 4 is 46.1 Å². The third-order valence-electron chi connectivity index (χ3n) is 12.1. The van der Waals surface area contributed by atoms with Crippen LogP contribution in [0.3, 0.4) is 0 Å². The number of amides is 4. The van der Waals surface area contributed by atoms with Gasteiger partial charge in [0.05, 0.1) is 47.4 Å². The number of fused-ring (bicyclic) bond motifs is 2. The number of nitrogens with zero attached hydrogens (tertiary/aromatic N) is 4. The fourth-order valence-corrected chi connectivity index (χ4v) is 8.56. The van der Waals surface area contributed by atoms with Gasteiger partial charge in [0.25, 0.3) is 0 Å². The number of aromatic amines is 2. The minimum absolute atomic E-state index is 0.109. The molecule has 0 radical (unpaired) electrons. The molecular formula is C48H62N8O6. The number of hydrogen-bond acceptors (Lipinski definition) is 8. The zero-order valence-electron chi connectivity index (χ0n) is 37.0. The van der Waals surface area contributed by atoms with Crippen molar-refractivity contribution in [3.8, 4) is 22.3 Å². The molecule has 2 saturated heterocycles. The summed E-state index contributed by atoms with van der Waals surface area (Å²) in [7, 11) is 0. The lowest BCUT2D eigenvalue weighted by Gasteiger charge is -2.30. The van der Waals surface area contributed by atoms with Gasteiger partial charge in [0.15, 0.2) is 0 Å². The lowest BCUT2D eigenvalue weighted by Crippen LogP contribution is -2.51. The van der Waals surface area contributed by atoms with Crippen molar-refractivity contribution in [1.29, 1.82) is 0 Å². The van der Waals surface area contributed by atoms with Crippen LogP contribution in [0.2, 0.25) is 0 Å². The fourth-order valence-electron chi connectivity index (χ4n) is 8.56. The number of nitrogens with one attached hydrogen (secondary N) is 4. The zero-order chi connectivity index (χ0) is 43.9. The predicted octanol–water partition coefficient (Wildman–Crippen LogP) is 9.20. The van der Waals surface area contributed by atoms with E-state index in [4.69, 9.17) is 19.4 Å². The van der Waals surface area contributed by atoms with Crippen molar-refractivity contribution in [1.82, 2.24) is 40.4 Å². The Morgan fingerprint density at radius 2 is 1.02 bits per heavy atom. The van der Waals surface area contributed by atoms with Gasteiger partial charge in [0.2, 0.25) is 11.8 Å². The summed E-state index contributed by atoms with van der Waals surface area (Å²) in [6.07, 6.45) is 5.53. The van der Waals surface area contributed by atoms with E-state index in [1.807, 2.05) is 63.5 Å². The van der Waals surface area contributed by atoms with E-state index in [9.17, 15) is 19.2 Å². The van der Waals surface area contributed by atoms with Crippen LogP contribution in [0.4, 0.5) is 9.59 Å². The Morgan fingerprint density at radius 1 is 0.629 bits per heavy atom. The lowest BCUT2D eigenvalue weighted by atomic mass is 10.00. The number of H-pyrrole nitrogens is 2. The largest absolute Gasteiger partial charge is 0.450 e. The first-order valence-corrected chi connectivity index (χ1v) is 22.5. The molecule has 4 atom stereocenters. The zero-order valence-corrected chi connectivity index (χ0v) is 37.0. The van der Waals surface area contributed by atoms with Gasteiger partial charge in [-0.15, -0.1) is 0 Å². The first-order valence-electron chi connectivity index (χ1n) is 22.5. The first kappa shape index (κ1) is 44.1. The summed E-state index contributed by atoms with van der Waals surface area (Å²) in [4.78, 5) is 73.3. The second-order valence-corrected chi connectivity index (χ2v) is 17.4. The van der Waals surface area contributed by atoms with Gasteiger partial charge in [-0.2, -0.15) is 0 Å². The Bertz CT molecular complexity index is 2190. The van der Waals surface area contributed by atoms with E-state index in [0.717, 1.165) is 107 Å². The van der Waals surface area contributed by atoms with Crippen LogP contribution in [0, 0.1) is 11.8 Å². The summed E-state index contributed by atoms with van der Waals surface area (Å²) in [5.41, 5.74) is 7.63. The monoisotopic (exact) mass is 846 g/mol. The van der Waals surface area contributed by atoms with Gasteiger partial charge in [-0.05, 0) is 96.9 Å². The van der Waals surface area contributed by atoms with Gasteiger partial charge in [-0.1, -0.05) is 90.8 Å². The van der Waals surface area contributed by atoms with Crippen LogP contribution in [0.15, 0.2) is 60.7 Å². The number of ether oxygens (including phenoxy) is 2. The third-order valence-corrected chi connectivity index (χ3v) is 12.1. The topological polar surface area (TPSA) is 175 Å². The number of alkyl carbamates (subject to hydrolysis) is 2. The number of rotatable bonds is 16. The minimum atomic E-state index is -0.691. The van der Waals surface area contributed by atoms with E-state index in [2.05, 4.69) is 69.1 Å². The Kier molecular flexibility index (Phi) is 14.1. The Balaban J connectivity index is 1.03. The molecule has 0 saturated carbocycles. The highest BCUT2D eigenvalue weighted by Gasteiger charge is 2.39. The van der Waals surface area contributed by atoms with Crippen LogP contribution in [-0.2, 0) is 19.1 Å². The molecular weight excluding hydrogens is 785 g/mol. The van der Waals surface area contributed by atoms with E-state index in [1.165, 1.54) is 0 Å². The maximum Gasteiger partial charge on any atom is 0.407 e. The normalized spacial score (nSPS) is 17.5. The van der Waals surface area contributed by atoms with Crippen LogP contribution in [-0.4, -0.2) is 92.1 Å². The molecule has 62 heavy (non-hydrogen) atoms. The van der Waals surface area contributed by atoms with Crippen molar-refractivity contribution in [2.75, 3.05) is 26.3 Å². The van der Waals surface area contributed by atoms with Gasteiger partial charge in [-0.3, -0.25) is 9.59 Å². The summed E-state index contributed by atoms with van der Waals surface area (Å²) >= 11 is 0. The van der Waals surface area contributed by atoms with Crippen molar-refractivity contribution in [2.45, 2.75) is 117 Å². The van der Waals surface area contributed by atoms with Gasteiger partial charge in [0.1, 0.15) is 23.7 Å². The molecule has 4 N–H and O–H groups in total. The maximum absolute atomic E-state index is 13.9. The molecule has 14 heteroatoms. The van der Waals surface area contributed by atoms with E-state index in [0.29, 0.717) is 26.3 Å². The molecule has 2 aliphatic rings. The fraction of sp³-hybridized carbons (Fsp3) is 0.500. The first-order chi connectivity index (χ1) is 29.9. The molecule has 2 aromatic heterocycles. The predicted molar refractivity (Wildman–Crippen MR) is 240 cm³/mol. The molecule has 0 bridgehead atoms. The SMILES string of the molecule is CCCCOC(=O)N[C@H](C(=O)N1CCC[C@H]1c1nc2ccc(-c3ccc(-c4ccc5nc([C@@H]6CCCN6C(=O)[C@@H](NC(=O)OCCCC)C(C)C)[nH]c5c4)cc3)cc2[nH]1)C(C)C. The molecule has 4 heterocycles. The molecule has 7 rings (SSSR count). The third kappa shape index (κ3) is 9.90. The summed E-state index contributed by atoms with van der Waals surface area (Å²) in [6.45, 7) is 13.6. The van der Waals surface area contributed by atoms with Gasteiger partial charge in [-0.25, -0.2) is 19.6 Å². The lowest BCUT2D eigenvalue weighted by molar-refractivity contribution is -0.136. The van der Waals surface area contributed by atoms with Gasteiger partial charge < -0.3 is 39.9 Å². The number of aromatic nitrogens is 4. The molecule has 2 fully saturated rings. The number of imidazole rings is 2. The van der Waals surface area contributed by atoms with E-state index in [-0.39, 0.29) is 35.7 Å². The number of unbranched alkanes of at least 4 members (excludes halogenated alkanes) is 2. The van der Waals surface area contributed by atoms with E-state index in [1.54, 1.807) is 0 Å². The molecule has 0 aliphatic carbocycles. The highest BCUT2D eigenvalue weighted by molar-refractivity contribution is 5.88. The standard InChI is InChI=1S/C48H62N8O6/c1-7-9-25-61-47(59)53-41(29(3)4)45(57)55-23-11-13-39(55)43-49-35-21-19-33(27-37(35)51-43)31-15-17-32(18-16-31)34-20-22-36-38(28-34)52-44(50-36)40-14-12-24-56(40)46(58)42(30(5)6)54-48(60)62-26-10-8-2/h15-22,27-30,39-42H,7-14,23-26H2,1-6H3,(H,49,51)(H,50,52)(H,53,59)(H,54,60)/t39-,40-,41-,42-/m0/s1. The smallest absolute Gasteiger partial charge is 0.407 e. The van der Waals surface area contributed by atoms with Crippen LogP contribution in [0.1, 0.15) is 117 Å². The average molecular weight is 847 g/mol. The van der Waals surface area contributed by atoms with Crippen LogP contribution < -0.4 is 10.6 Å². The van der Waals surface area contributed by atoms with Crippen molar-refractivity contribution in [2.24, 2.45) is 11.8 Å². The number of likely N-dealkylation sites (tertiary alicyclic amines) is 2. The number of carbonyl (C=O) groups is 4. The molecule has 330 valence electrons. The second-order valence-electron chi connectivity index (χ2n) is 17.4.